The van der Waals surface area contributed by atoms with Gasteiger partial charge in [-0.3, -0.25) is 0 Å². The number of hydrogen-bond donors (Lipinski definition) is 1. The van der Waals surface area contributed by atoms with Crippen LogP contribution in [0.1, 0.15) is 25.7 Å². The molecule has 112 valence electrons. The Labute approximate surface area is 125 Å². The summed E-state index contributed by atoms with van der Waals surface area (Å²) in [5.41, 5.74) is 8.09. The van der Waals surface area contributed by atoms with E-state index in [1.807, 2.05) is 30.9 Å². The van der Waals surface area contributed by atoms with Gasteiger partial charge in [0.05, 0.1) is 18.2 Å². The van der Waals surface area contributed by atoms with E-state index in [-0.39, 0.29) is 5.54 Å². The van der Waals surface area contributed by atoms with Crippen molar-refractivity contribution in [3.05, 3.63) is 30.9 Å². The highest BCUT2D eigenvalue weighted by Crippen LogP contribution is 2.36. The van der Waals surface area contributed by atoms with E-state index < -0.39 is 0 Å². The predicted octanol–water partition coefficient (Wildman–Crippen LogP) is 2.40. The third kappa shape index (κ3) is 2.65. The summed E-state index contributed by atoms with van der Waals surface area (Å²) in [5.74, 6) is 0.547. The molecule has 2 N–H and O–H groups in total. The van der Waals surface area contributed by atoms with Crippen LogP contribution in [0.2, 0.25) is 0 Å². The van der Waals surface area contributed by atoms with Gasteiger partial charge in [0.2, 0.25) is 0 Å². The van der Waals surface area contributed by atoms with Crippen molar-refractivity contribution >= 4 is 5.82 Å². The molecule has 1 aliphatic carbocycles. The molecule has 21 heavy (non-hydrogen) atoms. The minimum atomic E-state index is 0.247. The minimum absolute atomic E-state index is 0.247. The van der Waals surface area contributed by atoms with Gasteiger partial charge in [0.1, 0.15) is 5.82 Å². The number of anilines is 1. The maximum atomic E-state index is 5.67. The Bertz CT molecular complexity index is 593. The lowest BCUT2D eigenvalue weighted by molar-refractivity contribution is 0.134. The summed E-state index contributed by atoms with van der Waals surface area (Å²) >= 11 is 0. The van der Waals surface area contributed by atoms with Crippen molar-refractivity contribution in [2.45, 2.75) is 37.8 Å². The van der Waals surface area contributed by atoms with Gasteiger partial charge in [-0.25, -0.2) is 9.97 Å². The highest BCUT2D eigenvalue weighted by atomic mass is 15.2. The summed E-state index contributed by atoms with van der Waals surface area (Å²) in [4.78, 5) is 10.9. The van der Waals surface area contributed by atoms with Crippen molar-refractivity contribution in [3.8, 4) is 11.3 Å². The quantitative estimate of drug-likeness (QED) is 0.937. The van der Waals surface area contributed by atoms with Crippen LogP contribution in [0.4, 0.5) is 5.82 Å². The average molecular weight is 285 g/mol. The smallest absolute Gasteiger partial charge is 0.123 e. The molecule has 5 nitrogen and oxygen atoms in total. The standard InChI is InChI=1S/C16H23N5/c1-20(2)16(7-3-4-8-16)11-21-12-18-10-14(21)13-5-6-15(17)19-9-13/h5-6,9-10,12H,3-4,7-8,11H2,1-2H3,(H2,17,19). The Morgan fingerprint density at radius 3 is 2.62 bits per heavy atom. The van der Waals surface area contributed by atoms with Crippen LogP contribution in [-0.2, 0) is 6.54 Å². The number of likely N-dealkylation sites (N-methyl/N-ethyl adjacent to an activating group) is 1. The summed E-state index contributed by atoms with van der Waals surface area (Å²) in [6.45, 7) is 0.972. The van der Waals surface area contributed by atoms with E-state index in [4.69, 9.17) is 5.73 Å². The van der Waals surface area contributed by atoms with E-state index >= 15 is 0 Å². The predicted molar refractivity (Wildman–Crippen MR) is 84.8 cm³/mol. The van der Waals surface area contributed by atoms with Crippen LogP contribution in [0.15, 0.2) is 30.9 Å². The zero-order chi connectivity index (χ0) is 14.9. The van der Waals surface area contributed by atoms with Crippen LogP contribution < -0.4 is 5.73 Å². The van der Waals surface area contributed by atoms with Crippen molar-refractivity contribution in [1.82, 2.24) is 19.4 Å². The number of imidazole rings is 1. The van der Waals surface area contributed by atoms with Crippen LogP contribution in [0.3, 0.4) is 0 Å². The molecular formula is C16H23N5. The summed E-state index contributed by atoms with van der Waals surface area (Å²) in [6, 6.07) is 3.84. The molecule has 0 radical (unpaired) electrons. The van der Waals surface area contributed by atoms with Crippen LogP contribution >= 0.6 is 0 Å². The Hall–Kier alpha value is -1.88. The molecule has 2 heterocycles. The lowest BCUT2D eigenvalue weighted by Gasteiger charge is -2.37. The Kier molecular flexibility index (Phi) is 3.68. The van der Waals surface area contributed by atoms with Crippen molar-refractivity contribution in [2.24, 2.45) is 0 Å². The highest BCUT2D eigenvalue weighted by molar-refractivity contribution is 5.59. The largest absolute Gasteiger partial charge is 0.384 e. The fourth-order valence-corrected chi connectivity index (χ4v) is 3.34. The zero-order valence-corrected chi connectivity index (χ0v) is 12.8. The number of nitrogens with zero attached hydrogens (tertiary/aromatic N) is 4. The second-order valence-electron chi connectivity index (χ2n) is 6.20. The molecule has 0 saturated heterocycles. The molecule has 2 aromatic rings. The second kappa shape index (κ2) is 5.48. The van der Waals surface area contributed by atoms with E-state index in [2.05, 4.69) is 33.5 Å². The molecule has 0 bridgehead atoms. The molecule has 1 aliphatic rings. The van der Waals surface area contributed by atoms with E-state index in [0.29, 0.717) is 5.82 Å². The topological polar surface area (TPSA) is 60.0 Å². The molecule has 1 fully saturated rings. The first kappa shape index (κ1) is 14.1. The normalized spacial score (nSPS) is 17.5. The minimum Gasteiger partial charge on any atom is -0.384 e. The van der Waals surface area contributed by atoms with E-state index in [0.717, 1.165) is 17.8 Å². The summed E-state index contributed by atoms with van der Waals surface area (Å²) in [7, 11) is 4.37. The van der Waals surface area contributed by atoms with Crippen LogP contribution in [0.25, 0.3) is 11.3 Å². The number of rotatable bonds is 4. The summed E-state index contributed by atoms with van der Waals surface area (Å²) < 4.78 is 2.25. The molecule has 2 aromatic heterocycles. The Balaban J connectivity index is 1.90. The molecule has 0 spiro atoms. The molecule has 0 unspecified atom stereocenters. The fraction of sp³-hybridized carbons (Fsp3) is 0.500. The molecule has 5 heteroatoms. The third-order valence-corrected chi connectivity index (χ3v) is 4.74. The first-order valence-electron chi connectivity index (χ1n) is 7.50. The fourth-order valence-electron chi connectivity index (χ4n) is 3.34. The van der Waals surface area contributed by atoms with Crippen LogP contribution in [-0.4, -0.2) is 39.1 Å². The van der Waals surface area contributed by atoms with Gasteiger partial charge >= 0.3 is 0 Å². The molecule has 3 rings (SSSR count). The molecule has 0 aliphatic heterocycles. The van der Waals surface area contributed by atoms with Crippen LogP contribution in [0, 0.1) is 0 Å². The Morgan fingerprint density at radius 2 is 2.00 bits per heavy atom. The summed E-state index contributed by atoms with van der Waals surface area (Å²) in [6.07, 6.45) is 10.8. The van der Waals surface area contributed by atoms with Crippen molar-refractivity contribution in [3.63, 3.8) is 0 Å². The van der Waals surface area contributed by atoms with Crippen molar-refractivity contribution < 1.29 is 0 Å². The van der Waals surface area contributed by atoms with Gasteiger partial charge in [-0.15, -0.1) is 0 Å². The molecule has 0 aromatic carbocycles. The zero-order valence-electron chi connectivity index (χ0n) is 12.8. The maximum absolute atomic E-state index is 5.67. The van der Waals surface area contributed by atoms with Gasteiger partial charge in [-0.2, -0.15) is 0 Å². The van der Waals surface area contributed by atoms with E-state index in [9.17, 15) is 0 Å². The van der Waals surface area contributed by atoms with Gasteiger partial charge < -0.3 is 15.2 Å². The maximum Gasteiger partial charge on any atom is 0.123 e. The van der Waals surface area contributed by atoms with E-state index in [1.54, 1.807) is 0 Å². The monoisotopic (exact) mass is 285 g/mol. The van der Waals surface area contributed by atoms with Gasteiger partial charge in [-0.05, 0) is 39.1 Å². The van der Waals surface area contributed by atoms with Gasteiger partial charge in [-0.1, -0.05) is 12.8 Å². The number of nitrogens with two attached hydrogens (primary N) is 1. The molecule has 1 saturated carbocycles. The van der Waals surface area contributed by atoms with Gasteiger partial charge in [0, 0.05) is 23.8 Å². The molecule has 0 amide bonds. The SMILES string of the molecule is CN(C)C1(Cn2cncc2-c2ccc(N)nc2)CCCC1. The number of nitrogen functional groups attached to an aromatic ring is 1. The first-order chi connectivity index (χ1) is 10.1. The third-order valence-electron chi connectivity index (χ3n) is 4.74. The molecule has 0 atom stereocenters. The molecular weight excluding hydrogens is 262 g/mol. The van der Waals surface area contributed by atoms with Crippen molar-refractivity contribution in [2.75, 3.05) is 19.8 Å². The number of pyridine rings is 1. The van der Waals surface area contributed by atoms with E-state index in [1.165, 1.54) is 25.7 Å². The first-order valence-corrected chi connectivity index (χ1v) is 7.50. The van der Waals surface area contributed by atoms with Crippen LogP contribution in [0.5, 0.6) is 0 Å². The number of aromatic nitrogens is 3. The number of hydrogen-bond acceptors (Lipinski definition) is 4. The lowest BCUT2D eigenvalue weighted by Crippen LogP contribution is -2.45. The summed E-state index contributed by atoms with van der Waals surface area (Å²) in [5, 5.41) is 0. The van der Waals surface area contributed by atoms with Gasteiger partial charge in [0.15, 0.2) is 0 Å². The average Bonchev–Trinajstić information content (AvgIpc) is 3.10. The van der Waals surface area contributed by atoms with Crippen molar-refractivity contribution in [1.29, 1.82) is 0 Å². The lowest BCUT2D eigenvalue weighted by atomic mass is 9.95. The highest BCUT2D eigenvalue weighted by Gasteiger charge is 2.36. The second-order valence-corrected chi connectivity index (χ2v) is 6.20. The Morgan fingerprint density at radius 1 is 1.24 bits per heavy atom. The van der Waals surface area contributed by atoms with Gasteiger partial charge in [0.25, 0.3) is 0 Å².